The monoisotopic (exact) mass is 695 g/mol. The third-order valence-corrected chi connectivity index (χ3v) is 8.79. The number of nitrogens with one attached hydrogen (secondary N) is 1. The Kier molecular flexibility index (Phi) is 9.05. The minimum atomic E-state index is -0.759. The van der Waals surface area contributed by atoms with Crippen molar-refractivity contribution in [1.82, 2.24) is 43.8 Å². The maximum atomic E-state index is 14.0. The summed E-state index contributed by atoms with van der Waals surface area (Å²) < 4.78 is 12.3. The Morgan fingerprint density at radius 1 is 0.827 bits per heavy atom. The summed E-state index contributed by atoms with van der Waals surface area (Å²) in [4.78, 5) is 35.6. The van der Waals surface area contributed by atoms with Crippen molar-refractivity contribution in [2.45, 2.75) is 58.3 Å². The van der Waals surface area contributed by atoms with Crippen LogP contribution in [-0.4, -0.2) is 56.7 Å². The van der Waals surface area contributed by atoms with E-state index in [1.807, 2.05) is 108 Å². The molecule has 12 nitrogen and oxygen atoms in total. The van der Waals surface area contributed by atoms with Gasteiger partial charge in [-0.3, -0.25) is 14.0 Å². The van der Waals surface area contributed by atoms with E-state index in [4.69, 9.17) is 14.8 Å². The molecule has 4 aromatic heterocycles. The van der Waals surface area contributed by atoms with Gasteiger partial charge in [0.05, 0.1) is 30.8 Å². The summed E-state index contributed by atoms with van der Waals surface area (Å²) >= 11 is 0. The lowest BCUT2D eigenvalue weighted by Gasteiger charge is -2.37. The first-order valence-electron chi connectivity index (χ1n) is 17.3. The van der Waals surface area contributed by atoms with Crippen molar-refractivity contribution < 1.29 is 9.53 Å². The molecule has 0 saturated heterocycles. The number of rotatable bonds is 10. The fourth-order valence-corrected chi connectivity index (χ4v) is 6.60. The minimum Gasteiger partial charge on any atom is -0.444 e. The highest BCUT2D eigenvalue weighted by Crippen LogP contribution is 2.41. The van der Waals surface area contributed by atoms with Crippen molar-refractivity contribution in [2.75, 3.05) is 6.54 Å². The molecule has 0 aliphatic carbocycles. The van der Waals surface area contributed by atoms with E-state index >= 15 is 0 Å². The van der Waals surface area contributed by atoms with E-state index < -0.39 is 17.2 Å². The van der Waals surface area contributed by atoms with Crippen LogP contribution in [0.5, 0.6) is 0 Å². The van der Waals surface area contributed by atoms with Crippen LogP contribution in [-0.2, 0) is 16.8 Å². The number of carbonyl (C=O) groups is 1. The van der Waals surface area contributed by atoms with Crippen molar-refractivity contribution in [3.8, 4) is 22.8 Å². The largest absolute Gasteiger partial charge is 0.444 e. The normalized spacial score (nSPS) is 12.0. The van der Waals surface area contributed by atoms with Gasteiger partial charge in [-0.15, -0.1) is 5.10 Å². The molecule has 264 valence electrons. The van der Waals surface area contributed by atoms with Gasteiger partial charge in [0.2, 0.25) is 5.65 Å². The van der Waals surface area contributed by atoms with Crippen LogP contribution in [0.3, 0.4) is 0 Å². The Morgan fingerprint density at radius 3 is 1.98 bits per heavy atom. The molecule has 0 aliphatic rings. The predicted molar refractivity (Wildman–Crippen MR) is 199 cm³/mol. The van der Waals surface area contributed by atoms with E-state index in [0.29, 0.717) is 35.9 Å². The summed E-state index contributed by atoms with van der Waals surface area (Å²) in [5.74, 6) is 0.435. The quantitative estimate of drug-likeness (QED) is 0.161. The van der Waals surface area contributed by atoms with Crippen molar-refractivity contribution >= 4 is 11.7 Å². The van der Waals surface area contributed by atoms with Crippen molar-refractivity contribution in [2.24, 2.45) is 0 Å². The van der Waals surface area contributed by atoms with Crippen LogP contribution in [0.25, 0.3) is 28.4 Å². The number of ether oxygens (including phenoxy) is 1. The van der Waals surface area contributed by atoms with Crippen molar-refractivity contribution in [3.05, 3.63) is 149 Å². The summed E-state index contributed by atoms with van der Waals surface area (Å²) in [6.45, 7) is 10.0. The van der Waals surface area contributed by atoms with E-state index in [1.165, 1.54) is 0 Å². The van der Waals surface area contributed by atoms with Gasteiger partial charge in [0.15, 0.2) is 5.82 Å². The second-order valence-electron chi connectivity index (χ2n) is 13.9. The summed E-state index contributed by atoms with van der Waals surface area (Å²) in [7, 11) is 0. The summed E-state index contributed by atoms with van der Waals surface area (Å²) in [6.07, 6.45) is 8.44. The highest BCUT2D eigenvalue weighted by Gasteiger charge is 2.38. The van der Waals surface area contributed by atoms with Gasteiger partial charge in [0.1, 0.15) is 22.5 Å². The van der Waals surface area contributed by atoms with Gasteiger partial charge in [-0.2, -0.15) is 5.10 Å². The number of alkyl carbamates (subject to hydrolysis) is 1. The Bertz CT molecular complexity index is 2270. The first-order valence-corrected chi connectivity index (χ1v) is 17.3. The number of hydrogen-bond donors (Lipinski definition) is 1. The highest BCUT2D eigenvalue weighted by atomic mass is 16.6. The van der Waals surface area contributed by atoms with Gasteiger partial charge in [-0.1, -0.05) is 91.0 Å². The van der Waals surface area contributed by atoms with Crippen LogP contribution < -0.4 is 10.9 Å². The zero-order valence-electron chi connectivity index (χ0n) is 29.8. The predicted octanol–water partition coefficient (Wildman–Crippen LogP) is 6.56. The maximum Gasteiger partial charge on any atom is 0.407 e. The van der Waals surface area contributed by atoms with Crippen LogP contribution >= 0.6 is 0 Å². The second-order valence-corrected chi connectivity index (χ2v) is 13.9. The first kappa shape index (κ1) is 34.2. The molecular weight excluding hydrogens is 655 g/mol. The van der Waals surface area contributed by atoms with Crippen LogP contribution in [0.4, 0.5) is 4.79 Å². The Morgan fingerprint density at radius 2 is 1.42 bits per heavy atom. The van der Waals surface area contributed by atoms with Crippen LogP contribution in [0.2, 0.25) is 0 Å². The average molecular weight is 696 g/mol. The molecule has 3 aromatic carbocycles. The van der Waals surface area contributed by atoms with Crippen molar-refractivity contribution in [1.29, 1.82) is 0 Å². The standard InChI is InChI=1S/C40H41N9O3/c1-28(2)48-35(29-23-44-47(25-29)22-21-41-38(51)52-39(3,4)5)45-49-34(24-42-36(49)37(48)50)33-26-46(27-43-33)40(30-15-9-6-10-16-30,31-17-11-7-12-18-31)32-19-13-8-14-20-32/h6-20,23-28H,21-22H2,1-5H3,(H,41,51). The Labute approximate surface area is 301 Å². The molecule has 52 heavy (non-hydrogen) atoms. The summed E-state index contributed by atoms with van der Waals surface area (Å²) in [6, 6.07) is 30.9. The highest BCUT2D eigenvalue weighted by molar-refractivity contribution is 5.67. The lowest BCUT2D eigenvalue weighted by molar-refractivity contribution is 0.0525. The number of imidazole rings is 2. The topological polar surface area (TPSA) is 126 Å². The number of amides is 1. The van der Waals surface area contributed by atoms with Gasteiger partial charge in [-0.05, 0) is 51.3 Å². The molecule has 0 saturated carbocycles. The first-order chi connectivity index (χ1) is 25.1. The molecule has 0 spiro atoms. The zero-order chi connectivity index (χ0) is 36.5. The van der Waals surface area contributed by atoms with Gasteiger partial charge < -0.3 is 14.6 Å². The lowest BCUT2D eigenvalue weighted by Crippen LogP contribution is -2.36. The van der Waals surface area contributed by atoms with Gasteiger partial charge in [0.25, 0.3) is 5.56 Å². The Hall–Kier alpha value is -6.30. The second kappa shape index (κ2) is 13.8. The van der Waals surface area contributed by atoms with Crippen LogP contribution in [0, 0.1) is 0 Å². The summed E-state index contributed by atoms with van der Waals surface area (Å²) in [5.41, 5.74) is 3.57. The minimum absolute atomic E-state index is 0.191. The average Bonchev–Trinajstić information content (AvgIpc) is 3.90. The van der Waals surface area contributed by atoms with E-state index in [9.17, 15) is 9.59 Å². The number of aromatic nitrogens is 8. The molecule has 12 heteroatoms. The molecule has 1 N–H and O–H groups in total. The van der Waals surface area contributed by atoms with E-state index in [0.717, 1.165) is 16.7 Å². The van der Waals surface area contributed by atoms with Gasteiger partial charge in [-0.25, -0.2) is 19.3 Å². The fraction of sp³-hybridized carbons (Fsp3) is 0.250. The van der Waals surface area contributed by atoms with Gasteiger partial charge >= 0.3 is 6.09 Å². The molecule has 1 amide bonds. The van der Waals surface area contributed by atoms with E-state index in [1.54, 1.807) is 26.2 Å². The molecular formula is C40H41N9O3. The third kappa shape index (κ3) is 6.39. The molecule has 0 unspecified atom stereocenters. The number of hydrogen-bond acceptors (Lipinski definition) is 7. The van der Waals surface area contributed by atoms with Gasteiger partial charge in [0, 0.05) is 25.0 Å². The lowest BCUT2D eigenvalue weighted by atomic mass is 9.77. The smallest absolute Gasteiger partial charge is 0.407 e. The Balaban J connectivity index is 1.31. The molecule has 4 heterocycles. The van der Waals surface area contributed by atoms with E-state index in [-0.39, 0.29) is 17.2 Å². The molecule has 0 fully saturated rings. The molecule has 7 aromatic rings. The molecule has 0 bridgehead atoms. The SMILES string of the molecule is CC(C)n1c(-c2cnn(CCNC(=O)OC(C)(C)C)c2)nn2c(-c3cn(C(c4ccccc4)(c4ccccc4)c4ccccc4)cn3)cnc2c1=O. The fourth-order valence-electron chi connectivity index (χ4n) is 6.60. The molecule has 7 rings (SSSR count). The summed E-state index contributed by atoms with van der Waals surface area (Å²) in [5, 5.41) is 12.2. The molecule has 0 aliphatic heterocycles. The number of benzene rings is 3. The van der Waals surface area contributed by atoms with Crippen LogP contribution in [0.15, 0.2) is 127 Å². The number of fused-ring (bicyclic) bond motifs is 1. The number of carbonyl (C=O) groups excluding carboxylic acids is 1. The van der Waals surface area contributed by atoms with Crippen LogP contribution in [0.1, 0.15) is 57.4 Å². The zero-order valence-corrected chi connectivity index (χ0v) is 29.8. The molecule has 0 radical (unpaired) electrons. The number of nitrogens with zero attached hydrogens (tertiary/aromatic N) is 8. The van der Waals surface area contributed by atoms with Crippen molar-refractivity contribution in [3.63, 3.8) is 0 Å². The van der Waals surface area contributed by atoms with E-state index in [2.05, 4.69) is 56.4 Å². The third-order valence-electron chi connectivity index (χ3n) is 8.79. The molecule has 0 atom stereocenters. The maximum absolute atomic E-state index is 14.0.